The maximum atomic E-state index is 13.1. The van der Waals surface area contributed by atoms with Gasteiger partial charge in [0.05, 0.1) is 17.9 Å². The number of para-hydroxylation sites is 1. The quantitative estimate of drug-likeness (QED) is 0.337. The Morgan fingerprint density at radius 2 is 1.84 bits per heavy atom. The number of benzene rings is 2. The third-order valence-electron chi connectivity index (χ3n) is 7.79. The van der Waals surface area contributed by atoms with Crippen LogP contribution in [0.4, 0.5) is 0 Å². The number of carbonyl (C=O) groups excluding carboxylic acids is 2. The Bertz CT molecular complexity index is 1220. The summed E-state index contributed by atoms with van der Waals surface area (Å²) in [4.78, 5) is 27.3. The molecular formula is C29H32BNO6. The summed E-state index contributed by atoms with van der Waals surface area (Å²) in [5.41, 5.74) is 4.13. The first-order valence-electron chi connectivity index (χ1n) is 12.8. The normalized spacial score (nSPS) is 25.9. The zero-order valence-corrected chi connectivity index (χ0v) is 21.2. The van der Waals surface area contributed by atoms with E-state index in [0.29, 0.717) is 19.4 Å². The van der Waals surface area contributed by atoms with Crippen LogP contribution < -0.4 is 4.74 Å². The molecule has 37 heavy (non-hydrogen) atoms. The molecule has 7 nitrogen and oxygen atoms in total. The second kappa shape index (κ2) is 10.6. The predicted octanol–water partition coefficient (Wildman–Crippen LogP) is 4.08. The van der Waals surface area contributed by atoms with Crippen molar-refractivity contribution < 1.29 is 29.1 Å². The second-order valence-electron chi connectivity index (χ2n) is 10.3. The van der Waals surface area contributed by atoms with Crippen LogP contribution in [0.2, 0.25) is 6.32 Å². The van der Waals surface area contributed by atoms with Gasteiger partial charge in [-0.25, -0.2) is 0 Å². The summed E-state index contributed by atoms with van der Waals surface area (Å²) in [6.07, 6.45) is 3.79. The van der Waals surface area contributed by atoms with Gasteiger partial charge in [-0.15, -0.1) is 0 Å². The average Bonchev–Trinajstić information content (AvgIpc) is 3.11. The van der Waals surface area contributed by atoms with Crippen molar-refractivity contribution >= 4 is 25.0 Å². The van der Waals surface area contributed by atoms with Gasteiger partial charge in [0.2, 0.25) is 11.8 Å². The van der Waals surface area contributed by atoms with Crippen LogP contribution in [0.25, 0.3) is 6.08 Å². The van der Waals surface area contributed by atoms with E-state index in [4.69, 9.17) is 9.39 Å². The first-order chi connectivity index (χ1) is 17.8. The molecule has 3 aliphatic rings. The number of imide groups is 1. The number of ether oxygens (including phenoxy) is 1. The van der Waals surface area contributed by atoms with Crippen molar-refractivity contribution in [2.24, 2.45) is 17.8 Å². The summed E-state index contributed by atoms with van der Waals surface area (Å²) in [7, 11) is 0.553. The molecule has 2 aromatic rings. The standard InChI is InChI=1S/C29H32BNO6/c1-18(14-19-9-11-21(32)12-10-19)8-13-25-26-20(17-36-22-6-4-3-5-7-22)15-23-27(24(26)16-30(35)37-25)29(34)31(2)28(23)33/h3-7,9-12,14,23-25,27,32,35H,8,13,15-17H2,1-2H3/b18-14+/t23-,24+,25-,27-/m1/s1. The van der Waals surface area contributed by atoms with Crippen molar-refractivity contribution in [2.75, 3.05) is 13.7 Å². The van der Waals surface area contributed by atoms with Gasteiger partial charge >= 0.3 is 7.12 Å². The number of likely N-dealkylation sites (tertiary alicyclic amines) is 1. The first-order valence-corrected chi connectivity index (χ1v) is 12.8. The molecular weight excluding hydrogens is 469 g/mol. The highest BCUT2D eigenvalue weighted by atomic mass is 16.5. The second-order valence-corrected chi connectivity index (χ2v) is 10.3. The van der Waals surface area contributed by atoms with Gasteiger partial charge in [-0.3, -0.25) is 14.5 Å². The summed E-state index contributed by atoms with van der Waals surface area (Å²) in [6, 6.07) is 16.6. The molecule has 2 N–H and O–H groups in total. The number of phenols is 1. The number of carbonyl (C=O) groups is 2. The molecule has 2 aromatic carbocycles. The molecule has 2 heterocycles. The van der Waals surface area contributed by atoms with Crippen molar-refractivity contribution in [3.63, 3.8) is 0 Å². The van der Waals surface area contributed by atoms with Gasteiger partial charge in [0, 0.05) is 7.05 Å². The van der Waals surface area contributed by atoms with Crippen molar-refractivity contribution in [1.29, 1.82) is 0 Å². The number of rotatable bonds is 7. The highest BCUT2D eigenvalue weighted by Crippen LogP contribution is 2.50. The minimum Gasteiger partial charge on any atom is -0.508 e. The smallest absolute Gasteiger partial charge is 0.455 e. The van der Waals surface area contributed by atoms with Gasteiger partial charge in [-0.2, -0.15) is 0 Å². The van der Waals surface area contributed by atoms with Gasteiger partial charge < -0.3 is 19.5 Å². The minimum absolute atomic E-state index is 0.156. The number of hydrogen-bond donors (Lipinski definition) is 2. The molecule has 0 unspecified atom stereocenters. The highest BCUT2D eigenvalue weighted by Gasteiger charge is 2.56. The van der Waals surface area contributed by atoms with E-state index in [2.05, 4.69) is 6.08 Å². The molecule has 2 fully saturated rings. The number of aromatic hydroxyl groups is 1. The summed E-state index contributed by atoms with van der Waals surface area (Å²) in [5, 5.41) is 20.2. The molecule has 0 spiro atoms. The van der Waals surface area contributed by atoms with E-state index in [0.717, 1.165) is 34.5 Å². The van der Waals surface area contributed by atoms with E-state index in [-0.39, 0.29) is 35.9 Å². The Morgan fingerprint density at radius 1 is 1.11 bits per heavy atom. The van der Waals surface area contributed by atoms with Crippen molar-refractivity contribution in [2.45, 2.75) is 38.6 Å². The Balaban J connectivity index is 1.43. The van der Waals surface area contributed by atoms with Gasteiger partial charge in [-0.05, 0) is 79.4 Å². The average molecular weight is 501 g/mol. The number of hydrogen-bond acceptors (Lipinski definition) is 6. The van der Waals surface area contributed by atoms with E-state index in [1.807, 2.05) is 49.4 Å². The third kappa shape index (κ3) is 5.22. The van der Waals surface area contributed by atoms with E-state index < -0.39 is 19.0 Å². The van der Waals surface area contributed by atoms with Crippen LogP contribution in [0.1, 0.15) is 31.7 Å². The maximum Gasteiger partial charge on any atom is 0.455 e. The van der Waals surface area contributed by atoms with Crippen LogP contribution >= 0.6 is 0 Å². The van der Waals surface area contributed by atoms with E-state index >= 15 is 0 Å². The van der Waals surface area contributed by atoms with Gasteiger partial charge in [0.1, 0.15) is 18.1 Å². The number of nitrogens with zero attached hydrogens (tertiary/aromatic N) is 1. The SMILES string of the molecule is C/C(=C\c1ccc(O)cc1)CC[C@H]1OB(O)C[C@H]2C1=C(COc1ccccc1)C[C@H]1C(=O)N(C)C(=O)[C@H]12. The number of fused-ring (bicyclic) bond motifs is 3. The largest absolute Gasteiger partial charge is 0.508 e. The summed E-state index contributed by atoms with van der Waals surface area (Å²) < 4.78 is 12.2. The van der Waals surface area contributed by atoms with Gasteiger partial charge in [0.25, 0.3) is 0 Å². The Morgan fingerprint density at radius 3 is 2.57 bits per heavy atom. The Kier molecular flexibility index (Phi) is 7.22. The van der Waals surface area contributed by atoms with E-state index in [9.17, 15) is 19.7 Å². The van der Waals surface area contributed by atoms with Crippen LogP contribution in [0.15, 0.2) is 71.3 Å². The summed E-state index contributed by atoms with van der Waals surface area (Å²) in [6.45, 7) is 2.35. The monoisotopic (exact) mass is 501 g/mol. The molecule has 4 atom stereocenters. The lowest BCUT2D eigenvalue weighted by Gasteiger charge is -2.43. The fourth-order valence-electron chi connectivity index (χ4n) is 6.03. The number of allylic oxidation sites excluding steroid dienone is 1. The van der Waals surface area contributed by atoms with E-state index in [1.54, 1.807) is 19.2 Å². The van der Waals surface area contributed by atoms with Crippen LogP contribution in [-0.4, -0.2) is 53.7 Å². The number of amides is 2. The van der Waals surface area contributed by atoms with Crippen LogP contribution in [0.3, 0.4) is 0 Å². The number of phenolic OH excluding ortho intramolecular Hbond substituents is 1. The zero-order chi connectivity index (χ0) is 26.1. The van der Waals surface area contributed by atoms with Gasteiger partial charge in [-0.1, -0.05) is 42.0 Å². The van der Waals surface area contributed by atoms with Crippen molar-refractivity contribution in [3.05, 3.63) is 76.9 Å². The summed E-state index contributed by atoms with van der Waals surface area (Å²) >= 11 is 0. The lowest BCUT2D eigenvalue weighted by molar-refractivity contribution is -0.138. The zero-order valence-electron chi connectivity index (χ0n) is 21.2. The lowest BCUT2D eigenvalue weighted by atomic mass is 9.58. The highest BCUT2D eigenvalue weighted by molar-refractivity contribution is 6.43. The van der Waals surface area contributed by atoms with Crippen LogP contribution in [0, 0.1) is 17.8 Å². The predicted molar refractivity (Wildman–Crippen MR) is 140 cm³/mol. The fourth-order valence-corrected chi connectivity index (χ4v) is 6.03. The molecule has 0 aromatic heterocycles. The summed E-state index contributed by atoms with van der Waals surface area (Å²) in [5.74, 6) is -0.520. The van der Waals surface area contributed by atoms with Crippen LogP contribution in [0.5, 0.6) is 11.5 Å². The lowest BCUT2D eigenvalue weighted by Crippen LogP contribution is -2.46. The minimum atomic E-state index is -0.996. The molecule has 192 valence electrons. The fraction of sp³-hybridized carbons (Fsp3) is 0.379. The molecule has 5 rings (SSSR count). The Hall–Kier alpha value is -3.36. The van der Waals surface area contributed by atoms with Gasteiger partial charge in [0.15, 0.2) is 0 Å². The van der Waals surface area contributed by atoms with Crippen molar-refractivity contribution in [3.8, 4) is 11.5 Å². The van der Waals surface area contributed by atoms with Crippen molar-refractivity contribution in [1.82, 2.24) is 4.90 Å². The molecule has 2 saturated heterocycles. The van der Waals surface area contributed by atoms with Crippen LogP contribution in [-0.2, 0) is 14.2 Å². The Labute approximate surface area is 217 Å². The molecule has 0 bridgehead atoms. The van der Waals surface area contributed by atoms with E-state index in [1.165, 1.54) is 4.90 Å². The molecule has 1 aliphatic carbocycles. The maximum absolute atomic E-state index is 13.1. The molecule has 2 amide bonds. The first kappa shape index (κ1) is 25.3. The molecule has 2 aliphatic heterocycles. The molecule has 0 saturated carbocycles. The molecule has 8 heteroatoms. The molecule has 0 radical (unpaired) electrons. The topological polar surface area (TPSA) is 96.3 Å². The third-order valence-corrected chi connectivity index (χ3v) is 7.79.